The summed E-state index contributed by atoms with van der Waals surface area (Å²) in [5, 5.41) is 0.758. The average Bonchev–Trinajstić information content (AvgIpc) is 2.34. The number of benzene rings is 1. The lowest BCUT2D eigenvalue weighted by Crippen LogP contribution is -2.28. The molecule has 0 heterocycles. The summed E-state index contributed by atoms with van der Waals surface area (Å²) < 4.78 is 0. The minimum atomic E-state index is 0.215. The molecule has 1 aliphatic carbocycles. The molecule has 2 atom stereocenters. The minimum Gasteiger partial charge on any atom is -0.299 e. The number of rotatable bonds is 3. The van der Waals surface area contributed by atoms with Crippen molar-refractivity contribution in [3.05, 3.63) is 34.9 Å². The van der Waals surface area contributed by atoms with Gasteiger partial charge in [0.15, 0.2) is 0 Å². The fourth-order valence-electron chi connectivity index (χ4n) is 2.85. The van der Waals surface area contributed by atoms with E-state index in [2.05, 4.69) is 13.8 Å². The lowest BCUT2D eigenvalue weighted by Gasteiger charge is -2.30. The van der Waals surface area contributed by atoms with Crippen LogP contribution in [0, 0.1) is 17.8 Å². The van der Waals surface area contributed by atoms with Crippen molar-refractivity contribution in [1.29, 1.82) is 0 Å². The van der Waals surface area contributed by atoms with Crippen LogP contribution < -0.4 is 0 Å². The predicted molar refractivity (Wildman–Crippen MR) is 75.8 cm³/mol. The zero-order valence-electron chi connectivity index (χ0n) is 11.2. The summed E-state index contributed by atoms with van der Waals surface area (Å²) >= 11 is 5.88. The Balaban J connectivity index is 2.02. The van der Waals surface area contributed by atoms with Crippen LogP contribution in [0.5, 0.6) is 0 Å². The Morgan fingerprint density at radius 3 is 2.56 bits per heavy atom. The minimum absolute atomic E-state index is 0.215. The Labute approximate surface area is 115 Å². The maximum absolute atomic E-state index is 12.0. The van der Waals surface area contributed by atoms with Gasteiger partial charge in [-0.1, -0.05) is 37.6 Å². The number of halogens is 1. The lowest BCUT2D eigenvalue weighted by molar-refractivity contribution is -0.125. The van der Waals surface area contributed by atoms with Gasteiger partial charge in [0.2, 0.25) is 0 Å². The van der Waals surface area contributed by atoms with E-state index in [-0.39, 0.29) is 5.92 Å². The first kappa shape index (κ1) is 13.6. The van der Waals surface area contributed by atoms with Crippen molar-refractivity contribution in [2.24, 2.45) is 17.8 Å². The van der Waals surface area contributed by atoms with Crippen molar-refractivity contribution >= 4 is 17.4 Å². The van der Waals surface area contributed by atoms with E-state index in [0.717, 1.165) is 30.7 Å². The van der Waals surface area contributed by atoms with Gasteiger partial charge in [-0.3, -0.25) is 4.79 Å². The van der Waals surface area contributed by atoms with E-state index in [4.69, 9.17) is 11.6 Å². The molecule has 2 unspecified atom stereocenters. The van der Waals surface area contributed by atoms with E-state index in [1.807, 2.05) is 24.3 Å². The molecule has 0 bridgehead atoms. The fraction of sp³-hybridized carbons (Fsp3) is 0.562. The van der Waals surface area contributed by atoms with Crippen LogP contribution in [0.4, 0.5) is 0 Å². The Morgan fingerprint density at radius 1 is 1.28 bits per heavy atom. The predicted octanol–water partition coefficient (Wildman–Crippen LogP) is 4.52. The van der Waals surface area contributed by atoms with Gasteiger partial charge in [-0.15, -0.1) is 0 Å². The van der Waals surface area contributed by atoms with Gasteiger partial charge >= 0.3 is 0 Å². The summed E-state index contributed by atoms with van der Waals surface area (Å²) in [6.45, 7) is 4.53. The first-order valence-electron chi connectivity index (χ1n) is 6.83. The first-order valence-corrected chi connectivity index (χ1v) is 7.21. The van der Waals surface area contributed by atoms with Crippen molar-refractivity contribution < 1.29 is 4.79 Å². The molecule has 0 N–H and O–H groups in total. The highest BCUT2D eigenvalue weighted by atomic mass is 35.5. The average molecular weight is 265 g/mol. The number of carbonyl (C=O) groups is 1. The summed E-state index contributed by atoms with van der Waals surface area (Å²) in [5.41, 5.74) is 1.22. The zero-order valence-corrected chi connectivity index (χ0v) is 11.9. The van der Waals surface area contributed by atoms with Crippen molar-refractivity contribution in [3.63, 3.8) is 0 Å². The van der Waals surface area contributed by atoms with Crippen LogP contribution in [0.3, 0.4) is 0 Å². The van der Waals surface area contributed by atoms with Gasteiger partial charge in [-0.2, -0.15) is 0 Å². The summed E-state index contributed by atoms with van der Waals surface area (Å²) in [7, 11) is 0. The third kappa shape index (κ3) is 3.35. The summed E-state index contributed by atoms with van der Waals surface area (Å²) in [6.07, 6.45) is 3.77. The molecule has 1 fully saturated rings. The van der Waals surface area contributed by atoms with Gasteiger partial charge in [-0.05, 0) is 48.8 Å². The molecule has 0 amide bonds. The first-order chi connectivity index (χ1) is 8.56. The highest BCUT2D eigenvalue weighted by Gasteiger charge is 2.30. The van der Waals surface area contributed by atoms with Crippen LogP contribution in [0.25, 0.3) is 0 Å². The van der Waals surface area contributed by atoms with Gasteiger partial charge in [0.1, 0.15) is 5.78 Å². The number of hydrogen-bond acceptors (Lipinski definition) is 1. The molecule has 0 saturated heterocycles. The third-order valence-electron chi connectivity index (χ3n) is 4.14. The van der Waals surface area contributed by atoms with Crippen molar-refractivity contribution in [1.82, 2.24) is 0 Å². The van der Waals surface area contributed by atoms with Crippen LogP contribution in [-0.2, 0) is 11.2 Å². The fourth-order valence-corrected chi connectivity index (χ4v) is 2.98. The molecule has 0 aliphatic heterocycles. The van der Waals surface area contributed by atoms with E-state index in [9.17, 15) is 4.79 Å². The highest BCUT2D eigenvalue weighted by molar-refractivity contribution is 6.30. The van der Waals surface area contributed by atoms with Gasteiger partial charge in [0.25, 0.3) is 0 Å². The van der Waals surface area contributed by atoms with E-state index in [0.29, 0.717) is 17.6 Å². The second kappa shape index (κ2) is 5.88. The zero-order chi connectivity index (χ0) is 13.1. The molecule has 98 valence electrons. The van der Waals surface area contributed by atoms with Crippen LogP contribution in [0.1, 0.15) is 38.7 Å². The lowest BCUT2D eigenvalue weighted by atomic mass is 9.73. The molecule has 1 aromatic carbocycles. The van der Waals surface area contributed by atoms with Gasteiger partial charge < -0.3 is 0 Å². The largest absolute Gasteiger partial charge is 0.299 e. The van der Waals surface area contributed by atoms with E-state index < -0.39 is 0 Å². The molecule has 2 heteroatoms. The maximum atomic E-state index is 12.0. The standard InChI is InChI=1S/C16H21ClO/c1-11(2)13-5-8-16(18)14(10-13)9-12-3-6-15(17)7-4-12/h3-4,6-7,11,13-14H,5,8-10H2,1-2H3. The summed E-state index contributed by atoms with van der Waals surface area (Å²) in [6, 6.07) is 7.89. The topological polar surface area (TPSA) is 17.1 Å². The maximum Gasteiger partial charge on any atom is 0.136 e. The van der Waals surface area contributed by atoms with E-state index in [1.54, 1.807) is 0 Å². The van der Waals surface area contributed by atoms with Crippen molar-refractivity contribution in [3.8, 4) is 0 Å². The number of carbonyl (C=O) groups excluding carboxylic acids is 1. The van der Waals surface area contributed by atoms with Crippen LogP contribution in [-0.4, -0.2) is 5.78 Å². The van der Waals surface area contributed by atoms with Crippen molar-refractivity contribution in [2.45, 2.75) is 39.5 Å². The number of hydrogen-bond donors (Lipinski definition) is 0. The monoisotopic (exact) mass is 264 g/mol. The molecule has 1 saturated carbocycles. The normalized spacial score (nSPS) is 24.6. The molecule has 0 spiro atoms. The van der Waals surface area contributed by atoms with Crippen LogP contribution in [0.15, 0.2) is 24.3 Å². The smallest absolute Gasteiger partial charge is 0.136 e. The quantitative estimate of drug-likeness (QED) is 0.784. The molecule has 0 aromatic heterocycles. The Bertz CT molecular complexity index is 408. The second-order valence-corrected chi connectivity index (χ2v) is 6.21. The Hall–Kier alpha value is -0.820. The molecular weight excluding hydrogens is 244 g/mol. The van der Waals surface area contributed by atoms with Crippen molar-refractivity contribution in [2.75, 3.05) is 0 Å². The number of ketones is 1. The molecule has 0 radical (unpaired) electrons. The SMILES string of the molecule is CC(C)C1CCC(=O)C(Cc2ccc(Cl)cc2)C1. The number of Topliss-reactive ketones (excluding diaryl/α,β-unsaturated/α-hetero) is 1. The molecule has 18 heavy (non-hydrogen) atoms. The molecule has 1 nitrogen and oxygen atoms in total. The van der Waals surface area contributed by atoms with Crippen LogP contribution >= 0.6 is 11.6 Å². The third-order valence-corrected chi connectivity index (χ3v) is 4.39. The van der Waals surface area contributed by atoms with Gasteiger partial charge in [0, 0.05) is 17.4 Å². The van der Waals surface area contributed by atoms with Crippen LogP contribution in [0.2, 0.25) is 5.02 Å². The Kier molecular flexibility index (Phi) is 4.45. The molecule has 2 rings (SSSR count). The summed E-state index contributed by atoms with van der Waals surface area (Å²) in [5.74, 6) is 2.06. The van der Waals surface area contributed by atoms with E-state index in [1.165, 1.54) is 5.56 Å². The molecule has 1 aliphatic rings. The highest BCUT2D eigenvalue weighted by Crippen LogP contribution is 2.33. The molecule has 1 aromatic rings. The van der Waals surface area contributed by atoms with Gasteiger partial charge in [-0.25, -0.2) is 0 Å². The van der Waals surface area contributed by atoms with Gasteiger partial charge in [0.05, 0.1) is 0 Å². The Morgan fingerprint density at radius 2 is 1.94 bits per heavy atom. The second-order valence-electron chi connectivity index (χ2n) is 5.77. The van der Waals surface area contributed by atoms with E-state index >= 15 is 0 Å². The molecular formula is C16H21ClO. The summed E-state index contributed by atoms with van der Waals surface area (Å²) in [4.78, 5) is 12.0.